The molecular weight excluding hydrogens is 204 g/mol. The number of hydrogen-bond donors (Lipinski definition) is 0. The predicted octanol–water partition coefficient (Wildman–Crippen LogP) is 6.14. The van der Waals surface area contributed by atoms with Crippen molar-refractivity contribution in [2.75, 3.05) is 0 Å². The highest BCUT2D eigenvalue weighted by atomic mass is 14.1. The van der Waals surface area contributed by atoms with Gasteiger partial charge in [0.1, 0.15) is 0 Å². The first-order valence-corrected chi connectivity index (χ1v) is 6.06. The standard InChI is InChI=1S/C13H18.C2H6.2CH4/c1-4-8-13-11(5-2)9-7-10-12(13)6-3;1-2;;/h4,7-10H,5-6H2,1-3H3;1-2H3;2*1H4/b8-4-;;;. The molecule has 17 heavy (non-hydrogen) atoms. The molecule has 1 aromatic rings. The molecule has 0 spiro atoms. The van der Waals surface area contributed by atoms with E-state index in [1.807, 2.05) is 13.8 Å². The highest BCUT2D eigenvalue weighted by molar-refractivity contribution is 5.58. The van der Waals surface area contributed by atoms with Gasteiger partial charge in [-0.05, 0) is 36.5 Å². The third kappa shape index (κ3) is 6.31. The summed E-state index contributed by atoms with van der Waals surface area (Å²) < 4.78 is 0. The van der Waals surface area contributed by atoms with E-state index >= 15 is 0 Å². The summed E-state index contributed by atoms with van der Waals surface area (Å²) in [4.78, 5) is 0. The maximum Gasteiger partial charge on any atom is -0.0196 e. The quantitative estimate of drug-likeness (QED) is 0.591. The third-order valence-corrected chi connectivity index (χ3v) is 2.38. The van der Waals surface area contributed by atoms with Gasteiger partial charge in [-0.3, -0.25) is 0 Å². The van der Waals surface area contributed by atoms with E-state index in [2.05, 4.69) is 51.1 Å². The second kappa shape index (κ2) is 13.0. The zero-order valence-corrected chi connectivity index (χ0v) is 10.8. The summed E-state index contributed by atoms with van der Waals surface area (Å²) in [5.41, 5.74) is 4.34. The van der Waals surface area contributed by atoms with Crippen molar-refractivity contribution in [3.63, 3.8) is 0 Å². The second-order valence-corrected chi connectivity index (χ2v) is 3.20. The van der Waals surface area contributed by atoms with E-state index < -0.39 is 0 Å². The monoisotopic (exact) mass is 236 g/mol. The molecule has 0 N–H and O–H groups in total. The molecule has 0 heteroatoms. The average Bonchev–Trinajstić information content (AvgIpc) is 2.32. The van der Waals surface area contributed by atoms with Gasteiger partial charge in [-0.2, -0.15) is 0 Å². The van der Waals surface area contributed by atoms with Crippen molar-refractivity contribution < 1.29 is 0 Å². The van der Waals surface area contributed by atoms with Crippen LogP contribution in [0.1, 0.15) is 66.2 Å². The zero-order valence-electron chi connectivity index (χ0n) is 10.8. The summed E-state index contributed by atoms with van der Waals surface area (Å²) in [5.74, 6) is 0. The highest BCUT2D eigenvalue weighted by Gasteiger charge is 2.01. The summed E-state index contributed by atoms with van der Waals surface area (Å²) in [6.45, 7) is 10.5. The van der Waals surface area contributed by atoms with Gasteiger partial charge in [-0.15, -0.1) is 0 Å². The molecule has 0 unspecified atom stereocenters. The lowest BCUT2D eigenvalue weighted by molar-refractivity contribution is 1.08. The average molecular weight is 236 g/mol. The number of allylic oxidation sites excluding steroid dienone is 1. The van der Waals surface area contributed by atoms with Gasteiger partial charge in [0, 0.05) is 0 Å². The lowest BCUT2D eigenvalue weighted by Gasteiger charge is -2.08. The molecule has 1 aromatic carbocycles. The Labute approximate surface area is 110 Å². The number of benzene rings is 1. The fourth-order valence-corrected chi connectivity index (χ4v) is 1.66. The minimum atomic E-state index is 0. The molecule has 0 aliphatic heterocycles. The molecule has 0 aromatic heterocycles. The van der Waals surface area contributed by atoms with Gasteiger partial charge in [0.05, 0.1) is 0 Å². The molecule has 0 saturated carbocycles. The largest absolute Gasteiger partial charge is 0.0870 e. The van der Waals surface area contributed by atoms with Crippen LogP contribution in [0.25, 0.3) is 6.08 Å². The van der Waals surface area contributed by atoms with Crippen LogP contribution in [0, 0.1) is 0 Å². The fraction of sp³-hybridized carbons (Fsp3) is 0.529. The van der Waals surface area contributed by atoms with Gasteiger partial charge in [0.2, 0.25) is 0 Å². The number of hydrogen-bond acceptors (Lipinski definition) is 0. The van der Waals surface area contributed by atoms with Crippen molar-refractivity contribution in [1.29, 1.82) is 0 Å². The van der Waals surface area contributed by atoms with Gasteiger partial charge in [-0.25, -0.2) is 0 Å². The summed E-state index contributed by atoms with van der Waals surface area (Å²) in [7, 11) is 0. The van der Waals surface area contributed by atoms with Gasteiger partial charge < -0.3 is 0 Å². The maximum atomic E-state index is 2.22. The van der Waals surface area contributed by atoms with Crippen molar-refractivity contribution in [2.24, 2.45) is 0 Å². The number of rotatable bonds is 3. The Kier molecular flexibility index (Phi) is 16.3. The van der Waals surface area contributed by atoms with E-state index in [1.165, 1.54) is 16.7 Å². The second-order valence-electron chi connectivity index (χ2n) is 3.20. The van der Waals surface area contributed by atoms with Crippen LogP contribution < -0.4 is 0 Å². The van der Waals surface area contributed by atoms with Crippen LogP contribution in [0.15, 0.2) is 24.3 Å². The van der Waals surface area contributed by atoms with E-state index in [1.54, 1.807) is 0 Å². The van der Waals surface area contributed by atoms with E-state index in [0.29, 0.717) is 0 Å². The van der Waals surface area contributed by atoms with Crippen molar-refractivity contribution in [3.05, 3.63) is 41.0 Å². The first-order valence-electron chi connectivity index (χ1n) is 6.06. The topological polar surface area (TPSA) is 0 Å². The Morgan fingerprint density at radius 2 is 1.35 bits per heavy atom. The molecule has 1 rings (SSSR count). The smallest absolute Gasteiger partial charge is 0.0196 e. The summed E-state index contributed by atoms with van der Waals surface area (Å²) >= 11 is 0. The van der Waals surface area contributed by atoms with Crippen LogP contribution in [-0.2, 0) is 12.8 Å². The van der Waals surface area contributed by atoms with Gasteiger partial charge in [0.25, 0.3) is 0 Å². The Bertz CT molecular complexity index is 273. The van der Waals surface area contributed by atoms with Crippen molar-refractivity contribution in [2.45, 2.75) is 62.3 Å². The first-order chi connectivity index (χ1) is 7.33. The van der Waals surface area contributed by atoms with E-state index in [4.69, 9.17) is 0 Å². The fourth-order valence-electron chi connectivity index (χ4n) is 1.66. The minimum absolute atomic E-state index is 0. The molecule has 0 fully saturated rings. The van der Waals surface area contributed by atoms with Crippen LogP contribution in [0.2, 0.25) is 0 Å². The van der Waals surface area contributed by atoms with Crippen LogP contribution in [0.5, 0.6) is 0 Å². The first kappa shape index (κ1) is 21.3. The Morgan fingerprint density at radius 1 is 0.941 bits per heavy atom. The molecular formula is C17H32. The Balaban J connectivity index is -0.000000464. The maximum absolute atomic E-state index is 2.22. The molecule has 0 radical (unpaired) electrons. The van der Waals surface area contributed by atoms with E-state index in [0.717, 1.165) is 12.8 Å². The molecule has 0 saturated heterocycles. The normalized spacial score (nSPS) is 8.76. The van der Waals surface area contributed by atoms with Gasteiger partial charge >= 0.3 is 0 Å². The zero-order chi connectivity index (χ0) is 11.7. The molecule has 0 heterocycles. The Hall–Kier alpha value is -1.04. The minimum Gasteiger partial charge on any atom is -0.0870 e. The van der Waals surface area contributed by atoms with Gasteiger partial charge in [0.15, 0.2) is 0 Å². The lowest BCUT2D eigenvalue weighted by Crippen LogP contribution is -1.92. The summed E-state index contributed by atoms with van der Waals surface area (Å²) in [5, 5.41) is 0. The molecule has 0 amide bonds. The van der Waals surface area contributed by atoms with Crippen LogP contribution in [0.4, 0.5) is 0 Å². The third-order valence-electron chi connectivity index (χ3n) is 2.38. The SMILES string of the molecule is C.C.C/C=C\c1c(CC)cccc1CC.CC. The summed E-state index contributed by atoms with van der Waals surface area (Å²) in [6, 6.07) is 6.59. The van der Waals surface area contributed by atoms with Crippen molar-refractivity contribution in [3.8, 4) is 0 Å². The highest BCUT2D eigenvalue weighted by Crippen LogP contribution is 2.17. The van der Waals surface area contributed by atoms with E-state index in [-0.39, 0.29) is 14.9 Å². The van der Waals surface area contributed by atoms with Crippen LogP contribution >= 0.6 is 0 Å². The molecule has 0 aliphatic rings. The molecule has 0 aliphatic carbocycles. The molecule has 0 nitrogen and oxygen atoms in total. The van der Waals surface area contributed by atoms with E-state index in [9.17, 15) is 0 Å². The van der Waals surface area contributed by atoms with Crippen LogP contribution in [0.3, 0.4) is 0 Å². The Morgan fingerprint density at radius 3 is 1.65 bits per heavy atom. The molecule has 0 bridgehead atoms. The van der Waals surface area contributed by atoms with Crippen molar-refractivity contribution in [1.82, 2.24) is 0 Å². The van der Waals surface area contributed by atoms with Crippen LogP contribution in [-0.4, -0.2) is 0 Å². The number of aryl methyl sites for hydroxylation is 2. The lowest BCUT2D eigenvalue weighted by atomic mass is 9.97. The summed E-state index contributed by atoms with van der Waals surface area (Å²) in [6.07, 6.45) is 6.58. The molecule has 0 atom stereocenters. The van der Waals surface area contributed by atoms with Crippen molar-refractivity contribution >= 4 is 6.08 Å². The molecule has 100 valence electrons. The van der Waals surface area contributed by atoms with Gasteiger partial charge in [-0.1, -0.05) is 72.9 Å². The predicted molar refractivity (Wildman–Crippen MR) is 84.7 cm³/mol.